The van der Waals surface area contributed by atoms with E-state index < -0.39 is 0 Å². The van der Waals surface area contributed by atoms with Crippen molar-refractivity contribution in [2.45, 2.75) is 51.4 Å². The quantitative estimate of drug-likeness (QED) is 0.366. The lowest BCUT2D eigenvalue weighted by Crippen LogP contribution is -2.13. The molecule has 5 rings (SSSR count). The second-order valence-corrected chi connectivity index (χ2v) is 8.53. The summed E-state index contributed by atoms with van der Waals surface area (Å²) in [4.78, 5) is 9.32. The number of hydrogen-bond acceptors (Lipinski definition) is 2. The summed E-state index contributed by atoms with van der Waals surface area (Å²) in [6, 6.07) is 21.9. The van der Waals surface area contributed by atoms with Crippen LogP contribution in [0.15, 0.2) is 67.0 Å². The molecule has 1 fully saturated rings. The summed E-state index contributed by atoms with van der Waals surface area (Å²) < 4.78 is 0. The minimum absolute atomic E-state index is 0.684. The van der Waals surface area contributed by atoms with Crippen LogP contribution >= 0.6 is 0 Å². The molecule has 146 valence electrons. The Labute approximate surface area is 173 Å². The van der Waals surface area contributed by atoms with Crippen molar-refractivity contribution in [3.63, 3.8) is 0 Å². The van der Waals surface area contributed by atoms with Crippen molar-refractivity contribution in [2.75, 3.05) is 0 Å². The van der Waals surface area contributed by atoms with Crippen molar-refractivity contribution in [3.05, 3.63) is 72.6 Å². The van der Waals surface area contributed by atoms with Gasteiger partial charge >= 0.3 is 0 Å². The fraction of sp³-hybridized carbons (Fsp3) is 0.333. The number of nitrogens with zero attached hydrogens (tertiary/aromatic N) is 2. The zero-order valence-electron chi connectivity index (χ0n) is 17.1. The van der Waals surface area contributed by atoms with Gasteiger partial charge in [0.2, 0.25) is 0 Å². The highest BCUT2D eigenvalue weighted by atomic mass is 14.8. The zero-order chi connectivity index (χ0) is 19.6. The van der Waals surface area contributed by atoms with E-state index in [4.69, 9.17) is 0 Å². The molecule has 1 saturated carbocycles. The first-order valence-corrected chi connectivity index (χ1v) is 11.1. The molecule has 0 saturated heterocycles. The van der Waals surface area contributed by atoms with Gasteiger partial charge in [-0.1, -0.05) is 74.4 Å². The first-order chi connectivity index (χ1) is 14.3. The maximum absolute atomic E-state index is 4.69. The molecule has 0 aliphatic heterocycles. The molecule has 0 bridgehead atoms. The van der Waals surface area contributed by atoms with Gasteiger partial charge in [0.25, 0.3) is 0 Å². The molecular formula is C27H28N2. The van der Waals surface area contributed by atoms with E-state index in [1.807, 2.05) is 0 Å². The molecule has 0 amide bonds. The van der Waals surface area contributed by atoms with Crippen molar-refractivity contribution in [1.29, 1.82) is 0 Å². The molecule has 1 aliphatic rings. The molecule has 3 aromatic carbocycles. The van der Waals surface area contributed by atoms with Crippen molar-refractivity contribution in [3.8, 4) is 11.3 Å². The highest BCUT2D eigenvalue weighted by Gasteiger charge is 2.22. The molecule has 1 aromatic heterocycles. The SMILES string of the molecule is CCCC1CCC(c2ccc3c(-c4cccc5ccccc45)ncnc3c2)CC1. The first kappa shape index (κ1) is 18.3. The average molecular weight is 381 g/mol. The van der Waals surface area contributed by atoms with Crippen LogP contribution in [0.2, 0.25) is 0 Å². The van der Waals surface area contributed by atoms with Crippen LogP contribution in [0.1, 0.15) is 56.9 Å². The summed E-state index contributed by atoms with van der Waals surface area (Å²) in [5.41, 5.74) is 4.74. The standard InChI is InChI=1S/C27H28N2/c1-2-6-19-11-13-20(14-12-19)22-15-16-25-26(17-22)28-18-29-27(25)24-10-5-8-21-7-3-4-9-23(21)24/h3-5,7-10,15-20H,2,6,11-14H2,1H3. The van der Waals surface area contributed by atoms with Gasteiger partial charge in [-0.3, -0.25) is 0 Å². The summed E-state index contributed by atoms with van der Waals surface area (Å²) in [7, 11) is 0. The van der Waals surface area contributed by atoms with Crippen LogP contribution in [-0.4, -0.2) is 9.97 Å². The van der Waals surface area contributed by atoms with Crippen molar-refractivity contribution >= 4 is 21.7 Å². The summed E-state index contributed by atoms with van der Waals surface area (Å²) >= 11 is 0. The molecule has 0 unspecified atom stereocenters. The van der Waals surface area contributed by atoms with E-state index in [0.717, 1.165) is 22.5 Å². The Morgan fingerprint density at radius 2 is 1.66 bits per heavy atom. The topological polar surface area (TPSA) is 25.8 Å². The molecule has 29 heavy (non-hydrogen) atoms. The van der Waals surface area contributed by atoms with E-state index in [1.165, 1.54) is 60.4 Å². The lowest BCUT2D eigenvalue weighted by atomic mass is 9.77. The fourth-order valence-corrected chi connectivity index (χ4v) is 5.17. The molecule has 2 heteroatoms. The van der Waals surface area contributed by atoms with Gasteiger partial charge in [-0.15, -0.1) is 0 Å². The number of benzene rings is 3. The van der Waals surface area contributed by atoms with Crippen molar-refractivity contribution in [2.24, 2.45) is 5.92 Å². The second-order valence-electron chi connectivity index (χ2n) is 8.53. The zero-order valence-corrected chi connectivity index (χ0v) is 17.1. The van der Waals surface area contributed by atoms with Gasteiger partial charge in [-0.2, -0.15) is 0 Å². The van der Waals surface area contributed by atoms with E-state index in [-0.39, 0.29) is 0 Å². The van der Waals surface area contributed by atoms with Gasteiger partial charge in [0.15, 0.2) is 0 Å². The van der Waals surface area contributed by atoms with Crippen LogP contribution in [-0.2, 0) is 0 Å². The fourth-order valence-electron chi connectivity index (χ4n) is 5.17. The van der Waals surface area contributed by atoms with Crippen LogP contribution in [0.5, 0.6) is 0 Å². The smallest absolute Gasteiger partial charge is 0.116 e. The van der Waals surface area contributed by atoms with Gasteiger partial charge in [-0.25, -0.2) is 9.97 Å². The van der Waals surface area contributed by atoms with E-state index in [9.17, 15) is 0 Å². The van der Waals surface area contributed by atoms with Crippen molar-refractivity contribution in [1.82, 2.24) is 9.97 Å². The van der Waals surface area contributed by atoms with E-state index in [0.29, 0.717) is 5.92 Å². The summed E-state index contributed by atoms with van der Waals surface area (Å²) in [6.07, 6.45) is 9.82. The van der Waals surface area contributed by atoms with E-state index >= 15 is 0 Å². The monoisotopic (exact) mass is 380 g/mol. The van der Waals surface area contributed by atoms with E-state index in [1.54, 1.807) is 6.33 Å². The third kappa shape index (κ3) is 3.53. The molecule has 0 atom stereocenters. The van der Waals surface area contributed by atoms with Gasteiger partial charge < -0.3 is 0 Å². The van der Waals surface area contributed by atoms with E-state index in [2.05, 4.69) is 77.6 Å². The molecule has 4 aromatic rings. The third-order valence-electron chi connectivity index (χ3n) is 6.72. The molecule has 0 spiro atoms. The van der Waals surface area contributed by atoms with Gasteiger partial charge in [0.1, 0.15) is 6.33 Å². The van der Waals surface area contributed by atoms with Crippen LogP contribution in [0, 0.1) is 5.92 Å². The van der Waals surface area contributed by atoms with Gasteiger partial charge in [0.05, 0.1) is 11.2 Å². The minimum atomic E-state index is 0.684. The molecule has 1 aliphatic carbocycles. The Bertz CT molecular complexity index is 1130. The maximum atomic E-state index is 4.69. The Morgan fingerprint density at radius 1 is 0.828 bits per heavy atom. The molecular weight excluding hydrogens is 352 g/mol. The van der Waals surface area contributed by atoms with Crippen LogP contribution < -0.4 is 0 Å². The third-order valence-corrected chi connectivity index (χ3v) is 6.72. The first-order valence-electron chi connectivity index (χ1n) is 11.1. The highest BCUT2D eigenvalue weighted by Crippen LogP contribution is 2.39. The predicted octanol–water partition coefficient (Wildman–Crippen LogP) is 7.52. The summed E-state index contributed by atoms with van der Waals surface area (Å²) in [5, 5.41) is 3.64. The van der Waals surface area contributed by atoms with Crippen molar-refractivity contribution < 1.29 is 0 Å². The van der Waals surface area contributed by atoms with Crippen LogP contribution in [0.4, 0.5) is 0 Å². The molecule has 0 radical (unpaired) electrons. The molecule has 2 nitrogen and oxygen atoms in total. The Balaban J connectivity index is 1.51. The van der Waals surface area contributed by atoms with Crippen LogP contribution in [0.25, 0.3) is 32.9 Å². The Morgan fingerprint density at radius 3 is 2.52 bits per heavy atom. The highest BCUT2D eigenvalue weighted by molar-refractivity contribution is 6.02. The summed E-state index contributed by atoms with van der Waals surface area (Å²) in [6.45, 7) is 2.31. The van der Waals surface area contributed by atoms with Crippen LogP contribution in [0.3, 0.4) is 0 Å². The molecule has 1 heterocycles. The Hall–Kier alpha value is -2.74. The summed E-state index contributed by atoms with van der Waals surface area (Å²) in [5.74, 6) is 1.63. The lowest BCUT2D eigenvalue weighted by molar-refractivity contribution is 0.308. The normalized spacial score (nSPS) is 19.6. The number of rotatable bonds is 4. The predicted molar refractivity (Wildman–Crippen MR) is 122 cm³/mol. The average Bonchev–Trinajstić information content (AvgIpc) is 2.79. The lowest BCUT2D eigenvalue weighted by Gasteiger charge is -2.28. The molecule has 0 N–H and O–H groups in total. The maximum Gasteiger partial charge on any atom is 0.116 e. The minimum Gasteiger partial charge on any atom is -0.236 e. The number of hydrogen-bond donors (Lipinski definition) is 0. The number of fused-ring (bicyclic) bond motifs is 2. The van der Waals surface area contributed by atoms with Gasteiger partial charge in [0, 0.05) is 10.9 Å². The Kier molecular flexibility index (Phi) is 5.01. The van der Waals surface area contributed by atoms with Gasteiger partial charge in [-0.05, 0) is 59.9 Å². The number of aromatic nitrogens is 2. The largest absolute Gasteiger partial charge is 0.236 e. The second kappa shape index (κ2) is 7.94.